The van der Waals surface area contributed by atoms with Gasteiger partial charge in [0.15, 0.2) is 22.8 Å². The first-order valence-electron chi connectivity index (χ1n) is 11.6. The average Bonchev–Trinajstić information content (AvgIpc) is 3.32. The van der Waals surface area contributed by atoms with Crippen molar-refractivity contribution in [2.75, 3.05) is 30.3 Å². The Morgan fingerprint density at radius 2 is 1.86 bits per heavy atom. The van der Waals surface area contributed by atoms with Crippen molar-refractivity contribution in [2.24, 2.45) is 0 Å². The Balaban J connectivity index is 1.61. The summed E-state index contributed by atoms with van der Waals surface area (Å²) in [6.07, 6.45) is 6.48. The van der Waals surface area contributed by atoms with E-state index in [1.165, 1.54) is 13.0 Å². The lowest BCUT2D eigenvalue weighted by atomic mass is 10.0. The van der Waals surface area contributed by atoms with Gasteiger partial charge in [0.05, 0.1) is 6.33 Å². The number of ketones is 1. The van der Waals surface area contributed by atoms with Gasteiger partial charge in [0.1, 0.15) is 12.4 Å². The molecule has 1 aromatic carbocycles. The van der Waals surface area contributed by atoms with Crippen LogP contribution in [0.4, 0.5) is 17.5 Å². The minimum Gasteiger partial charge on any atom is -0.486 e. The van der Waals surface area contributed by atoms with Gasteiger partial charge in [0, 0.05) is 30.5 Å². The van der Waals surface area contributed by atoms with Gasteiger partial charge in [-0.1, -0.05) is 19.7 Å². The molecule has 186 valence electrons. The van der Waals surface area contributed by atoms with Gasteiger partial charge in [-0.15, -0.1) is 0 Å². The molecule has 0 spiro atoms. The lowest BCUT2D eigenvalue weighted by molar-refractivity contribution is -0.119. The van der Waals surface area contributed by atoms with E-state index in [0.717, 1.165) is 31.6 Å². The minimum atomic E-state index is -0.390. The summed E-state index contributed by atoms with van der Waals surface area (Å²) in [6, 6.07) is 7.28. The molecule has 10 nitrogen and oxygen atoms in total. The smallest absolute Gasteiger partial charge is 0.248 e. The zero-order chi connectivity index (χ0) is 25.7. The molecule has 3 aromatic rings. The molecule has 4 rings (SSSR count). The lowest BCUT2D eigenvalue weighted by Gasteiger charge is -2.34. The van der Waals surface area contributed by atoms with Crippen molar-refractivity contribution in [3.8, 4) is 5.75 Å². The number of nitrogens with zero attached hydrogens (tertiary/aromatic N) is 5. The van der Waals surface area contributed by atoms with Gasteiger partial charge in [-0.3, -0.25) is 9.59 Å². The highest BCUT2D eigenvalue weighted by Crippen LogP contribution is 2.30. The fourth-order valence-electron chi connectivity index (χ4n) is 4.00. The number of nitrogens with one attached hydrogen (secondary N) is 2. The fourth-order valence-corrected chi connectivity index (χ4v) is 4.00. The molecule has 1 saturated heterocycles. The van der Waals surface area contributed by atoms with Crippen molar-refractivity contribution in [1.29, 1.82) is 0 Å². The summed E-state index contributed by atoms with van der Waals surface area (Å²) < 4.78 is 7.46. The quantitative estimate of drug-likeness (QED) is 0.326. The number of anilines is 3. The van der Waals surface area contributed by atoms with E-state index in [9.17, 15) is 9.59 Å². The number of fused-ring (bicyclic) bond motifs is 1. The Bertz CT molecular complexity index is 1310. The van der Waals surface area contributed by atoms with Crippen LogP contribution in [0.3, 0.4) is 0 Å². The largest absolute Gasteiger partial charge is 0.486 e. The zero-order valence-electron chi connectivity index (χ0n) is 20.2. The molecule has 0 atom stereocenters. The number of aromatic nitrogens is 4. The van der Waals surface area contributed by atoms with Crippen LogP contribution < -0.4 is 15.4 Å². The van der Waals surface area contributed by atoms with Crippen LogP contribution in [0, 0.1) is 0 Å². The van der Waals surface area contributed by atoms with E-state index in [1.54, 1.807) is 36.7 Å². The van der Waals surface area contributed by atoms with E-state index in [1.807, 2.05) is 4.57 Å². The Hall–Kier alpha value is -4.47. The Morgan fingerprint density at radius 3 is 2.50 bits per heavy atom. The number of ether oxygens (including phenoxy) is 1. The normalized spacial score (nSPS) is 13.8. The number of imidazole rings is 1. The molecule has 0 bridgehead atoms. The van der Waals surface area contributed by atoms with Gasteiger partial charge in [-0.25, -0.2) is 4.98 Å². The first-order chi connectivity index (χ1) is 17.4. The zero-order valence-corrected chi connectivity index (χ0v) is 20.2. The molecule has 2 N–H and O–H groups in total. The lowest BCUT2D eigenvalue weighted by Crippen LogP contribution is -2.33. The predicted molar refractivity (Wildman–Crippen MR) is 139 cm³/mol. The van der Waals surface area contributed by atoms with E-state index >= 15 is 0 Å². The Morgan fingerprint density at radius 1 is 1.14 bits per heavy atom. The summed E-state index contributed by atoms with van der Waals surface area (Å²) in [6.45, 7) is 14.6. The summed E-state index contributed by atoms with van der Waals surface area (Å²) in [5, 5.41) is 5.91. The van der Waals surface area contributed by atoms with Crippen LogP contribution >= 0.6 is 0 Å². The number of benzene rings is 1. The molecular formula is C26H29N7O3. The van der Waals surface area contributed by atoms with Crippen molar-refractivity contribution < 1.29 is 14.3 Å². The van der Waals surface area contributed by atoms with Crippen LogP contribution in [0.2, 0.25) is 0 Å². The SMILES string of the molecule is C=CC(=C)N1CCC(n2cnc3c(NC(=O)C=C)nc(Nc4ccc(OCC(C)=O)cc4)nc32)CC1. The maximum atomic E-state index is 12.1. The summed E-state index contributed by atoms with van der Waals surface area (Å²) >= 11 is 0. The van der Waals surface area contributed by atoms with Crippen molar-refractivity contribution >= 4 is 40.3 Å². The van der Waals surface area contributed by atoms with Gasteiger partial charge < -0.3 is 24.8 Å². The van der Waals surface area contributed by atoms with Crippen molar-refractivity contribution in [2.45, 2.75) is 25.8 Å². The molecule has 1 aliphatic heterocycles. The third-order valence-corrected chi connectivity index (χ3v) is 5.90. The summed E-state index contributed by atoms with van der Waals surface area (Å²) in [5.41, 5.74) is 2.76. The van der Waals surface area contributed by atoms with E-state index in [2.05, 4.69) is 45.2 Å². The number of rotatable bonds is 10. The van der Waals surface area contributed by atoms with Crippen LogP contribution in [0.5, 0.6) is 5.75 Å². The summed E-state index contributed by atoms with van der Waals surface area (Å²) in [5.74, 6) is 0.734. The molecule has 0 radical (unpaired) electrons. The number of allylic oxidation sites excluding steroid dienone is 1. The number of carbonyl (C=O) groups is 2. The van der Waals surface area contributed by atoms with Crippen molar-refractivity contribution in [3.63, 3.8) is 0 Å². The van der Waals surface area contributed by atoms with Gasteiger partial charge in [0.2, 0.25) is 11.9 Å². The summed E-state index contributed by atoms with van der Waals surface area (Å²) in [7, 11) is 0. The summed E-state index contributed by atoms with van der Waals surface area (Å²) in [4.78, 5) is 39.2. The van der Waals surface area contributed by atoms with Crippen molar-refractivity contribution in [1.82, 2.24) is 24.4 Å². The van der Waals surface area contributed by atoms with Crippen molar-refractivity contribution in [3.05, 3.63) is 68.2 Å². The molecule has 0 unspecified atom stereocenters. The number of carbonyl (C=O) groups excluding carboxylic acids is 2. The van der Waals surface area contributed by atoms with Gasteiger partial charge in [0.25, 0.3) is 0 Å². The third-order valence-electron chi connectivity index (χ3n) is 5.90. The molecule has 36 heavy (non-hydrogen) atoms. The maximum absolute atomic E-state index is 12.1. The van der Waals surface area contributed by atoms with Crippen LogP contribution in [-0.2, 0) is 9.59 Å². The highest BCUT2D eigenvalue weighted by Gasteiger charge is 2.24. The molecule has 0 saturated carbocycles. The van der Waals surface area contributed by atoms with Crippen LogP contribution in [0.25, 0.3) is 11.2 Å². The van der Waals surface area contributed by atoms with Crippen LogP contribution in [0.1, 0.15) is 25.8 Å². The molecule has 3 heterocycles. The molecule has 1 aliphatic rings. The van der Waals surface area contributed by atoms with E-state index in [4.69, 9.17) is 9.72 Å². The van der Waals surface area contributed by atoms with Crippen LogP contribution in [-0.4, -0.2) is 55.8 Å². The maximum Gasteiger partial charge on any atom is 0.248 e. The van der Waals surface area contributed by atoms with Gasteiger partial charge in [-0.2, -0.15) is 9.97 Å². The number of hydrogen-bond donors (Lipinski definition) is 2. The number of piperidine rings is 1. The average molecular weight is 488 g/mol. The number of amides is 1. The van der Waals surface area contributed by atoms with E-state index in [0.29, 0.717) is 34.4 Å². The van der Waals surface area contributed by atoms with E-state index in [-0.39, 0.29) is 18.4 Å². The van der Waals surface area contributed by atoms with Gasteiger partial charge in [-0.05, 0) is 56.2 Å². The first kappa shape index (κ1) is 24.6. The molecule has 2 aromatic heterocycles. The topological polar surface area (TPSA) is 114 Å². The minimum absolute atomic E-state index is 0.0174. The third kappa shape index (κ3) is 5.60. The predicted octanol–water partition coefficient (Wildman–Crippen LogP) is 4.00. The number of hydrogen-bond acceptors (Lipinski definition) is 8. The molecule has 1 amide bonds. The molecule has 1 fully saturated rings. The molecule has 0 aliphatic carbocycles. The fraction of sp³-hybridized carbons (Fsp3) is 0.269. The molecule has 10 heteroatoms. The van der Waals surface area contributed by atoms with E-state index < -0.39 is 5.91 Å². The van der Waals surface area contributed by atoms with Crippen LogP contribution in [0.15, 0.2) is 68.2 Å². The monoisotopic (exact) mass is 487 g/mol. The number of likely N-dealkylation sites (tertiary alicyclic amines) is 1. The first-order valence-corrected chi connectivity index (χ1v) is 11.6. The second-order valence-corrected chi connectivity index (χ2v) is 8.47. The molecular weight excluding hydrogens is 458 g/mol. The highest BCUT2D eigenvalue weighted by atomic mass is 16.5. The second-order valence-electron chi connectivity index (χ2n) is 8.47. The standard InChI is InChI=1S/C26H29N7O3/c1-5-17(3)32-13-11-20(12-14-32)33-16-27-23-24(29-22(35)6-2)30-26(31-25(23)33)28-19-7-9-21(10-8-19)36-15-18(4)34/h5-10,16,20H,1-3,11-15H2,4H3,(H2,28,29,30,31,35). The highest BCUT2D eigenvalue weighted by molar-refractivity contribution is 6.02. The van der Waals surface area contributed by atoms with Gasteiger partial charge >= 0.3 is 0 Å². The second kappa shape index (κ2) is 10.9. The number of Topliss-reactive ketones (excluding diaryl/α,β-unsaturated/α-hetero) is 1. The Kier molecular flexibility index (Phi) is 7.43. The Labute approximate surface area is 209 Å².